The van der Waals surface area contributed by atoms with Crippen molar-refractivity contribution in [2.24, 2.45) is 10.7 Å². The fourth-order valence-corrected chi connectivity index (χ4v) is 2.50. The molecule has 2 rings (SSSR count). The number of hydrogen-bond acceptors (Lipinski definition) is 3. The summed E-state index contributed by atoms with van der Waals surface area (Å²) < 4.78 is 5.41. The lowest BCUT2D eigenvalue weighted by atomic mass is 10.1. The van der Waals surface area contributed by atoms with E-state index in [0.29, 0.717) is 12.5 Å². The first-order valence-electron chi connectivity index (χ1n) is 8.50. The van der Waals surface area contributed by atoms with Crippen molar-refractivity contribution < 1.29 is 4.42 Å². The Morgan fingerprint density at radius 3 is 2.60 bits per heavy atom. The Labute approximate surface area is 167 Å². The molecule has 1 aromatic heterocycles. The van der Waals surface area contributed by atoms with Crippen LogP contribution in [0.3, 0.4) is 0 Å². The van der Waals surface area contributed by atoms with Crippen molar-refractivity contribution in [2.75, 3.05) is 13.6 Å². The van der Waals surface area contributed by atoms with Crippen molar-refractivity contribution in [3.8, 4) is 0 Å². The van der Waals surface area contributed by atoms with Gasteiger partial charge in [-0.1, -0.05) is 37.6 Å². The van der Waals surface area contributed by atoms with Gasteiger partial charge in [0.1, 0.15) is 5.76 Å². The zero-order chi connectivity index (χ0) is 17.2. The number of nitrogens with two attached hydrogens (primary N) is 1. The van der Waals surface area contributed by atoms with Gasteiger partial charge in [0.25, 0.3) is 0 Å². The zero-order valence-electron chi connectivity index (χ0n) is 15.1. The standard InChI is InChI=1S/C19H28N4O.HI/c1-3-4-11-21-19(20)22-13-16-8-5-6-9-17(16)14-23(2)15-18-10-7-12-24-18;/h5-10,12H,3-4,11,13-15H2,1-2H3,(H3,20,21,22);1H. The largest absolute Gasteiger partial charge is 0.468 e. The van der Waals surface area contributed by atoms with Gasteiger partial charge in [0.05, 0.1) is 19.4 Å². The molecule has 0 unspecified atom stereocenters. The van der Waals surface area contributed by atoms with Crippen LogP contribution in [0, 0.1) is 0 Å². The van der Waals surface area contributed by atoms with Crippen LogP contribution in [0.2, 0.25) is 0 Å². The lowest BCUT2D eigenvalue weighted by Crippen LogP contribution is -2.32. The fraction of sp³-hybridized carbons (Fsp3) is 0.421. The van der Waals surface area contributed by atoms with Crippen LogP contribution in [-0.2, 0) is 19.6 Å². The van der Waals surface area contributed by atoms with Crippen LogP contribution < -0.4 is 11.1 Å². The molecule has 2 aromatic rings. The van der Waals surface area contributed by atoms with Gasteiger partial charge < -0.3 is 15.5 Å². The average molecular weight is 456 g/mol. The molecule has 5 nitrogen and oxygen atoms in total. The molecule has 0 aliphatic heterocycles. The zero-order valence-corrected chi connectivity index (χ0v) is 17.4. The Morgan fingerprint density at radius 2 is 1.92 bits per heavy atom. The van der Waals surface area contributed by atoms with Gasteiger partial charge in [0.15, 0.2) is 5.96 Å². The Bertz CT molecular complexity index is 628. The number of guanidine groups is 1. The fourth-order valence-electron chi connectivity index (χ4n) is 2.50. The number of nitrogens with zero attached hydrogens (tertiary/aromatic N) is 2. The van der Waals surface area contributed by atoms with E-state index in [9.17, 15) is 0 Å². The van der Waals surface area contributed by atoms with E-state index in [1.165, 1.54) is 11.1 Å². The van der Waals surface area contributed by atoms with Crippen molar-refractivity contribution in [3.63, 3.8) is 0 Å². The summed E-state index contributed by atoms with van der Waals surface area (Å²) in [6, 6.07) is 12.3. The molecule has 25 heavy (non-hydrogen) atoms. The first kappa shape index (κ1) is 21.5. The smallest absolute Gasteiger partial charge is 0.188 e. The maximum Gasteiger partial charge on any atom is 0.188 e. The minimum absolute atomic E-state index is 0. The monoisotopic (exact) mass is 456 g/mol. The molecule has 0 bridgehead atoms. The van der Waals surface area contributed by atoms with Crippen molar-refractivity contribution in [2.45, 2.75) is 39.4 Å². The van der Waals surface area contributed by atoms with E-state index in [0.717, 1.165) is 38.2 Å². The van der Waals surface area contributed by atoms with Gasteiger partial charge in [-0.2, -0.15) is 0 Å². The van der Waals surface area contributed by atoms with Gasteiger partial charge in [0, 0.05) is 13.1 Å². The van der Waals surface area contributed by atoms with Gasteiger partial charge in [0.2, 0.25) is 0 Å². The van der Waals surface area contributed by atoms with Crippen LogP contribution in [0.15, 0.2) is 52.1 Å². The second-order valence-electron chi connectivity index (χ2n) is 6.00. The quantitative estimate of drug-likeness (QED) is 0.261. The summed E-state index contributed by atoms with van der Waals surface area (Å²) in [5.41, 5.74) is 8.38. The number of furan rings is 1. The number of aliphatic imine (C=N–C) groups is 1. The molecule has 0 atom stereocenters. The second kappa shape index (κ2) is 11.9. The molecule has 6 heteroatoms. The molecule has 3 N–H and O–H groups in total. The van der Waals surface area contributed by atoms with E-state index in [1.807, 2.05) is 18.2 Å². The molecule has 138 valence electrons. The topological polar surface area (TPSA) is 66.8 Å². The Morgan fingerprint density at radius 1 is 1.16 bits per heavy atom. The van der Waals surface area contributed by atoms with Gasteiger partial charge in [-0.25, -0.2) is 4.99 Å². The number of halogens is 1. The first-order valence-corrected chi connectivity index (χ1v) is 8.50. The first-order chi connectivity index (χ1) is 11.7. The molecular weight excluding hydrogens is 427 g/mol. The summed E-state index contributed by atoms with van der Waals surface area (Å²) in [5.74, 6) is 1.49. The number of unbranched alkanes of at least 4 members (excludes halogenated alkanes) is 1. The maximum atomic E-state index is 5.92. The highest BCUT2D eigenvalue weighted by atomic mass is 127. The molecule has 0 radical (unpaired) electrons. The normalized spacial score (nSPS) is 11.4. The molecule has 1 aromatic carbocycles. The molecule has 1 heterocycles. The van der Waals surface area contributed by atoms with Crippen LogP contribution in [-0.4, -0.2) is 24.5 Å². The summed E-state index contributed by atoms with van der Waals surface area (Å²) in [5, 5.41) is 3.15. The van der Waals surface area contributed by atoms with E-state index in [4.69, 9.17) is 10.2 Å². The van der Waals surface area contributed by atoms with Crippen LogP contribution in [0.4, 0.5) is 0 Å². The van der Waals surface area contributed by atoms with E-state index in [-0.39, 0.29) is 24.0 Å². The predicted molar refractivity (Wildman–Crippen MR) is 114 cm³/mol. The SMILES string of the molecule is CCCCNC(N)=NCc1ccccc1CN(C)Cc1ccco1.I. The highest BCUT2D eigenvalue weighted by Crippen LogP contribution is 2.14. The Balaban J connectivity index is 0.00000312. The van der Waals surface area contributed by atoms with Crippen molar-refractivity contribution in [1.29, 1.82) is 0 Å². The third-order valence-corrected chi connectivity index (χ3v) is 3.82. The van der Waals surface area contributed by atoms with Crippen LogP contribution >= 0.6 is 24.0 Å². The third-order valence-electron chi connectivity index (χ3n) is 3.82. The average Bonchev–Trinajstić information content (AvgIpc) is 3.07. The predicted octanol–water partition coefficient (Wildman–Crippen LogP) is 3.73. The highest BCUT2D eigenvalue weighted by molar-refractivity contribution is 14.0. The number of hydrogen-bond donors (Lipinski definition) is 2. The molecule has 0 aliphatic carbocycles. The molecule has 0 amide bonds. The van der Waals surface area contributed by atoms with Crippen molar-refractivity contribution >= 4 is 29.9 Å². The summed E-state index contributed by atoms with van der Waals surface area (Å²) in [6.45, 7) is 5.25. The van der Waals surface area contributed by atoms with E-state index in [1.54, 1.807) is 6.26 Å². The summed E-state index contributed by atoms with van der Waals surface area (Å²) in [7, 11) is 2.09. The van der Waals surface area contributed by atoms with Gasteiger partial charge in [-0.05, 0) is 36.7 Å². The minimum atomic E-state index is 0. The lowest BCUT2D eigenvalue weighted by Gasteiger charge is -2.17. The maximum absolute atomic E-state index is 5.92. The van der Waals surface area contributed by atoms with Crippen LogP contribution in [0.25, 0.3) is 0 Å². The molecule has 0 aliphatic rings. The number of benzene rings is 1. The molecule has 0 fully saturated rings. The summed E-state index contributed by atoms with van der Waals surface area (Å²) in [6.07, 6.45) is 3.95. The summed E-state index contributed by atoms with van der Waals surface area (Å²) >= 11 is 0. The van der Waals surface area contributed by atoms with Crippen molar-refractivity contribution in [3.05, 3.63) is 59.5 Å². The lowest BCUT2D eigenvalue weighted by molar-refractivity contribution is 0.287. The molecular formula is C19H29IN4O. The van der Waals surface area contributed by atoms with Crippen LogP contribution in [0.5, 0.6) is 0 Å². The highest BCUT2D eigenvalue weighted by Gasteiger charge is 2.07. The van der Waals surface area contributed by atoms with E-state index >= 15 is 0 Å². The van der Waals surface area contributed by atoms with Gasteiger partial charge in [-0.15, -0.1) is 24.0 Å². The molecule has 0 saturated carbocycles. The van der Waals surface area contributed by atoms with Gasteiger partial charge >= 0.3 is 0 Å². The number of nitrogens with one attached hydrogen (secondary N) is 1. The Kier molecular flexibility index (Phi) is 10.3. The second-order valence-corrected chi connectivity index (χ2v) is 6.00. The van der Waals surface area contributed by atoms with Crippen molar-refractivity contribution in [1.82, 2.24) is 10.2 Å². The van der Waals surface area contributed by atoms with E-state index < -0.39 is 0 Å². The Hall–Kier alpha value is -1.54. The van der Waals surface area contributed by atoms with E-state index in [2.05, 4.69) is 47.4 Å². The molecule has 0 spiro atoms. The van der Waals surface area contributed by atoms with Gasteiger partial charge in [-0.3, -0.25) is 4.90 Å². The van der Waals surface area contributed by atoms with Crippen LogP contribution in [0.1, 0.15) is 36.7 Å². The number of rotatable bonds is 9. The minimum Gasteiger partial charge on any atom is -0.468 e. The molecule has 0 saturated heterocycles. The summed E-state index contributed by atoms with van der Waals surface area (Å²) in [4.78, 5) is 6.68. The third kappa shape index (κ3) is 7.92.